The zero-order valence-electron chi connectivity index (χ0n) is 38.5. The predicted molar refractivity (Wildman–Crippen MR) is 266 cm³/mol. The summed E-state index contributed by atoms with van der Waals surface area (Å²) in [6, 6.07) is 40.8. The van der Waals surface area contributed by atoms with Gasteiger partial charge in [-0.1, -0.05) is 132 Å². The topological polar surface area (TPSA) is 55.3 Å². The maximum atomic E-state index is 14.7. The largest absolute Gasteiger partial charge is 0.507 e. The number of imidazole rings is 1. The van der Waals surface area contributed by atoms with Crippen LogP contribution in [0, 0.1) is 20.8 Å². The van der Waals surface area contributed by atoms with Crippen LogP contribution >= 0.6 is 0 Å². The fourth-order valence-corrected chi connectivity index (χ4v) is 10.5. The van der Waals surface area contributed by atoms with Crippen molar-refractivity contribution in [2.45, 2.75) is 79.3 Å². The van der Waals surface area contributed by atoms with Crippen LogP contribution in [-0.4, -0.2) is 24.0 Å². The molecule has 0 bridgehead atoms. The van der Waals surface area contributed by atoms with Crippen molar-refractivity contribution in [3.8, 4) is 45.1 Å². The third-order valence-corrected chi connectivity index (χ3v) is 13.5. The smallest absolute Gasteiger partial charge is 0.418 e. The number of rotatable bonds is 4. The number of halogens is 3. The minimum atomic E-state index is -4.59. The number of phenolic OH excluding ortho intramolecular Hbond substituents is 1. The van der Waals surface area contributed by atoms with Crippen LogP contribution in [0.2, 0.25) is 0 Å². The molecular formula is C58H49F3N4O. The highest BCUT2D eigenvalue weighted by molar-refractivity contribution is 6.28. The summed E-state index contributed by atoms with van der Waals surface area (Å²) in [5, 5.41) is 15.7. The summed E-state index contributed by atoms with van der Waals surface area (Å²) in [5.41, 5.74) is 13.6. The number of aryl methyl sites for hydroxylation is 3. The SMILES string of the molecule is Cc1cc(C)c(-n2c(-c3cc(C(C)(C)C)cc(C(C)(C)C)c3O)nc3c(-c4cc(C)c5c(c4)c4ncc(C(F)(F)F)c6ccc7c8ccccc8n5c7c64)cccc32)c(-c2ccccc2)c1. The Kier molecular flexibility index (Phi) is 8.90. The lowest BCUT2D eigenvalue weighted by Gasteiger charge is -2.28. The van der Waals surface area contributed by atoms with E-state index in [0.717, 1.165) is 106 Å². The van der Waals surface area contributed by atoms with Gasteiger partial charge >= 0.3 is 6.18 Å². The van der Waals surface area contributed by atoms with Crippen LogP contribution in [0.5, 0.6) is 5.75 Å². The molecule has 0 radical (unpaired) electrons. The first-order chi connectivity index (χ1) is 31.3. The van der Waals surface area contributed by atoms with Crippen molar-refractivity contribution in [2.75, 3.05) is 0 Å². The second-order valence-corrected chi connectivity index (χ2v) is 20.2. The average molecular weight is 875 g/mol. The number of aromatic hydroxyl groups is 1. The summed E-state index contributed by atoms with van der Waals surface area (Å²) in [6.07, 6.45) is -3.61. The lowest BCUT2D eigenvalue weighted by Crippen LogP contribution is -2.17. The summed E-state index contributed by atoms with van der Waals surface area (Å²) < 4.78 is 48.5. The van der Waals surface area contributed by atoms with E-state index in [2.05, 4.69) is 137 Å². The van der Waals surface area contributed by atoms with Gasteiger partial charge in [-0.3, -0.25) is 9.55 Å². The Hall–Kier alpha value is -7.19. The van der Waals surface area contributed by atoms with Crippen LogP contribution in [0.3, 0.4) is 0 Å². The van der Waals surface area contributed by atoms with Crippen molar-refractivity contribution in [1.82, 2.24) is 18.9 Å². The van der Waals surface area contributed by atoms with Crippen LogP contribution in [-0.2, 0) is 17.0 Å². The Morgan fingerprint density at radius 1 is 0.545 bits per heavy atom. The van der Waals surface area contributed by atoms with Gasteiger partial charge in [0.1, 0.15) is 11.6 Å². The molecule has 1 N–H and O–H groups in total. The zero-order valence-corrected chi connectivity index (χ0v) is 38.5. The van der Waals surface area contributed by atoms with Gasteiger partial charge in [0.15, 0.2) is 0 Å². The molecule has 0 spiro atoms. The average Bonchev–Trinajstić information content (AvgIpc) is 3.81. The van der Waals surface area contributed by atoms with E-state index in [1.54, 1.807) is 6.07 Å². The highest BCUT2D eigenvalue weighted by atomic mass is 19.4. The minimum absolute atomic E-state index is 0.123. The van der Waals surface area contributed by atoms with Crippen molar-refractivity contribution in [2.24, 2.45) is 0 Å². The number of phenols is 1. The van der Waals surface area contributed by atoms with Crippen molar-refractivity contribution < 1.29 is 18.3 Å². The number of para-hydroxylation sites is 2. The van der Waals surface area contributed by atoms with E-state index in [1.807, 2.05) is 54.6 Å². The molecule has 0 saturated heterocycles. The second kappa shape index (κ2) is 14.2. The summed E-state index contributed by atoms with van der Waals surface area (Å²) in [5.74, 6) is 0.789. The molecule has 5 nitrogen and oxygen atoms in total. The Bertz CT molecular complexity index is 3800. The van der Waals surface area contributed by atoms with Gasteiger partial charge in [-0.05, 0) is 101 Å². The number of hydrogen-bond acceptors (Lipinski definition) is 3. The summed E-state index contributed by atoms with van der Waals surface area (Å²) in [6.45, 7) is 19.2. The number of benzene rings is 7. The molecule has 0 saturated carbocycles. The lowest BCUT2D eigenvalue weighted by atomic mass is 9.79. The molecule has 0 unspecified atom stereocenters. The molecule has 11 rings (SSSR count). The number of aromatic nitrogens is 4. The zero-order chi connectivity index (χ0) is 46.4. The van der Waals surface area contributed by atoms with E-state index in [1.165, 1.54) is 0 Å². The molecule has 0 aliphatic rings. The van der Waals surface area contributed by atoms with Gasteiger partial charge in [0.05, 0.1) is 49.9 Å². The molecule has 7 aromatic carbocycles. The standard InChI is InChI=1S/C58H49F3N4O/c1-31-24-32(2)51(41(25-31)34-16-11-10-12-17-34)65-47-21-15-19-37(49(47)63-55(65)43-28-36(56(4,5)6)29-44(54(43)66)57(7,8)9)35-26-33(3)52-42(27-35)50-48-40(45(30-62-50)58(59,60)61)23-22-39-38-18-13-14-20-46(38)64(52)53(39)48/h10-30,66H,1-9H3. The highest BCUT2D eigenvalue weighted by Gasteiger charge is 2.35. The third-order valence-electron chi connectivity index (χ3n) is 13.5. The van der Waals surface area contributed by atoms with Crippen molar-refractivity contribution in [3.05, 3.63) is 161 Å². The number of alkyl halides is 3. The van der Waals surface area contributed by atoms with Gasteiger partial charge in [-0.15, -0.1) is 0 Å². The molecular weight excluding hydrogens is 826 g/mol. The van der Waals surface area contributed by atoms with Gasteiger partial charge in [-0.2, -0.15) is 13.2 Å². The predicted octanol–water partition coefficient (Wildman–Crippen LogP) is 16.0. The quantitative estimate of drug-likeness (QED) is 0.142. The molecule has 328 valence electrons. The summed E-state index contributed by atoms with van der Waals surface area (Å²) in [4.78, 5) is 10.3. The monoisotopic (exact) mass is 874 g/mol. The van der Waals surface area contributed by atoms with Gasteiger partial charge in [-0.25, -0.2) is 4.98 Å². The number of hydrogen-bond donors (Lipinski definition) is 1. The molecule has 4 heterocycles. The third kappa shape index (κ3) is 6.14. The van der Waals surface area contributed by atoms with E-state index >= 15 is 0 Å². The molecule has 8 heteroatoms. The molecule has 11 aromatic rings. The molecule has 0 amide bonds. The van der Waals surface area contributed by atoms with E-state index in [0.29, 0.717) is 22.3 Å². The Labute approximate surface area is 381 Å². The highest BCUT2D eigenvalue weighted by Crippen LogP contribution is 2.48. The van der Waals surface area contributed by atoms with Gasteiger partial charge in [0, 0.05) is 44.4 Å². The number of nitrogens with zero attached hydrogens (tertiary/aromatic N) is 4. The van der Waals surface area contributed by atoms with E-state index in [4.69, 9.17) is 4.98 Å². The minimum Gasteiger partial charge on any atom is -0.507 e. The fraction of sp³-hybridized carbons (Fsp3) is 0.207. The second-order valence-electron chi connectivity index (χ2n) is 20.2. The normalized spacial score (nSPS) is 12.9. The van der Waals surface area contributed by atoms with Crippen LogP contribution in [0.15, 0.2) is 128 Å². The van der Waals surface area contributed by atoms with Gasteiger partial charge < -0.3 is 9.51 Å². The molecule has 0 aliphatic carbocycles. The van der Waals surface area contributed by atoms with Crippen molar-refractivity contribution in [1.29, 1.82) is 0 Å². The van der Waals surface area contributed by atoms with E-state index < -0.39 is 11.7 Å². The number of pyridine rings is 2. The van der Waals surface area contributed by atoms with Crippen molar-refractivity contribution >= 4 is 60.0 Å². The Balaban J connectivity index is 1.28. The van der Waals surface area contributed by atoms with Gasteiger partial charge in [0.25, 0.3) is 0 Å². The fourth-order valence-electron chi connectivity index (χ4n) is 10.5. The Morgan fingerprint density at radius 3 is 1.98 bits per heavy atom. The van der Waals surface area contributed by atoms with Crippen LogP contribution < -0.4 is 0 Å². The maximum absolute atomic E-state index is 14.7. The first-order valence-electron chi connectivity index (χ1n) is 22.5. The van der Waals surface area contributed by atoms with Crippen LogP contribution in [0.25, 0.3) is 99.4 Å². The lowest BCUT2D eigenvalue weighted by molar-refractivity contribution is -0.136. The molecule has 0 fully saturated rings. The van der Waals surface area contributed by atoms with Gasteiger partial charge in [0.2, 0.25) is 0 Å². The molecule has 4 aromatic heterocycles. The summed E-state index contributed by atoms with van der Waals surface area (Å²) >= 11 is 0. The Morgan fingerprint density at radius 2 is 1.26 bits per heavy atom. The van der Waals surface area contributed by atoms with Crippen LogP contribution in [0.4, 0.5) is 13.2 Å². The summed E-state index contributed by atoms with van der Waals surface area (Å²) in [7, 11) is 0. The maximum Gasteiger partial charge on any atom is 0.418 e. The first kappa shape index (κ1) is 41.5. The molecule has 0 aliphatic heterocycles. The number of fused-ring (bicyclic) bond motifs is 7. The van der Waals surface area contributed by atoms with E-state index in [9.17, 15) is 18.3 Å². The molecule has 66 heavy (non-hydrogen) atoms. The van der Waals surface area contributed by atoms with Crippen LogP contribution in [0.1, 0.15) is 74.9 Å². The molecule has 0 atom stereocenters. The first-order valence-corrected chi connectivity index (χ1v) is 22.5. The van der Waals surface area contributed by atoms with E-state index in [-0.39, 0.29) is 22.0 Å². The van der Waals surface area contributed by atoms with Crippen molar-refractivity contribution in [3.63, 3.8) is 0 Å².